The molecule has 1 aromatic rings. The Morgan fingerprint density at radius 2 is 2.21 bits per heavy atom. The Morgan fingerprint density at radius 1 is 1.42 bits per heavy atom. The third-order valence-corrected chi connectivity index (χ3v) is 4.04. The van der Waals surface area contributed by atoms with E-state index in [0.29, 0.717) is 25.2 Å². The molecule has 24 heavy (non-hydrogen) atoms. The number of aromatic nitrogens is 1. The number of pyridine rings is 1. The molecule has 0 N–H and O–H groups in total. The molecule has 6 heteroatoms. The Bertz CT molecular complexity index is 715. The Labute approximate surface area is 141 Å². The van der Waals surface area contributed by atoms with Crippen molar-refractivity contribution >= 4 is 11.7 Å². The fourth-order valence-corrected chi connectivity index (χ4v) is 3.09. The van der Waals surface area contributed by atoms with E-state index >= 15 is 0 Å². The maximum absolute atomic E-state index is 12.5. The first-order valence-corrected chi connectivity index (χ1v) is 8.02. The van der Waals surface area contributed by atoms with Gasteiger partial charge < -0.3 is 9.47 Å². The number of fused-ring (bicyclic) bond motifs is 2. The highest BCUT2D eigenvalue weighted by molar-refractivity contribution is 5.75. The molecule has 2 atom stereocenters. The van der Waals surface area contributed by atoms with Crippen LogP contribution in [0.3, 0.4) is 0 Å². The number of ether oxygens (including phenoxy) is 2. The Kier molecular flexibility index (Phi) is 4.29. The first-order chi connectivity index (χ1) is 11.4. The highest BCUT2D eigenvalue weighted by atomic mass is 16.6. The molecule has 2 aliphatic rings. The van der Waals surface area contributed by atoms with Gasteiger partial charge in [0.15, 0.2) is 0 Å². The van der Waals surface area contributed by atoms with Crippen molar-refractivity contribution in [2.45, 2.75) is 44.9 Å². The third-order valence-electron chi connectivity index (χ3n) is 4.04. The number of rotatable bonds is 1. The molecule has 2 aliphatic heterocycles. The van der Waals surface area contributed by atoms with Crippen molar-refractivity contribution in [3.8, 4) is 6.07 Å². The molecule has 0 spiro atoms. The van der Waals surface area contributed by atoms with Gasteiger partial charge in [0, 0.05) is 12.4 Å². The number of carbonyl (C=O) groups is 1. The second-order valence-electron chi connectivity index (χ2n) is 7.12. The molecular formula is C18H21N3O3. The normalized spacial score (nSPS) is 23.2. The first kappa shape index (κ1) is 16.5. The third kappa shape index (κ3) is 3.41. The van der Waals surface area contributed by atoms with Gasteiger partial charge in [-0.05, 0) is 44.4 Å². The second-order valence-corrected chi connectivity index (χ2v) is 7.12. The van der Waals surface area contributed by atoms with E-state index in [0.717, 1.165) is 11.1 Å². The van der Waals surface area contributed by atoms with Crippen LogP contribution in [-0.4, -0.2) is 46.9 Å². The van der Waals surface area contributed by atoms with Crippen LogP contribution in [0.2, 0.25) is 0 Å². The Balaban J connectivity index is 1.87. The molecule has 6 nitrogen and oxygen atoms in total. The maximum Gasteiger partial charge on any atom is 0.411 e. The lowest BCUT2D eigenvalue weighted by Crippen LogP contribution is -2.57. The minimum absolute atomic E-state index is 0.0654. The summed E-state index contributed by atoms with van der Waals surface area (Å²) in [6, 6.07) is 3.72. The maximum atomic E-state index is 12.5. The molecular weight excluding hydrogens is 306 g/mol. The average molecular weight is 327 g/mol. The van der Waals surface area contributed by atoms with Crippen molar-refractivity contribution in [3.63, 3.8) is 0 Å². The van der Waals surface area contributed by atoms with Gasteiger partial charge in [-0.2, -0.15) is 5.26 Å². The molecule has 0 saturated carbocycles. The summed E-state index contributed by atoms with van der Waals surface area (Å²) in [5.74, 6) is 0. The zero-order chi connectivity index (χ0) is 17.3. The highest BCUT2D eigenvalue weighted by Gasteiger charge is 2.40. The van der Waals surface area contributed by atoms with Gasteiger partial charge in [0.1, 0.15) is 11.7 Å². The number of hydrogen-bond acceptors (Lipinski definition) is 5. The lowest BCUT2D eigenvalue weighted by Gasteiger charge is -2.44. The topological polar surface area (TPSA) is 75.5 Å². The average Bonchev–Trinajstić information content (AvgIpc) is 2.52. The molecule has 126 valence electrons. The molecule has 1 amide bonds. The molecule has 1 aromatic heterocycles. The summed E-state index contributed by atoms with van der Waals surface area (Å²) in [7, 11) is 0. The van der Waals surface area contributed by atoms with Crippen molar-refractivity contribution in [1.82, 2.24) is 9.88 Å². The fourth-order valence-electron chi connectivity index (χ4n) is 3.09. The van der Waals surface area contributed by atoms with Gasteiger partial charge in [-0.15, -0.1) is 0 Å². The lowest BCUT2D eigenvalue weighted by molar-refractivity contribution is -0.0510. The summed E-state index contributed by atoms with van der Waals surface area (Å²) in [5.41, 5.74) is 2.03. The standard InChI is InChI=1S/C18H21N3O3/c1-18(2,3)24-17(22)21-15-5-13(6-16(21)11-23-10-15)14-4-12(7-19)8-20-9-14/h4-5,8-9,15-16H,6,10-11H2,1-3H3. The van der Waals surface area contributed by atoms with Gasteiger partial charge in [0.2, 0.25) is 0 Å². The van der Waals surface area contributed by atoms with Crippen LogP contribution in [0.15, 0.2) is 24.5 Å². The van der Waals surface area contributed by atoms with Crippen LogP contribution in [0.5, 0.6) is 0 Å². The highest BCUT2D eigenvalue weighted by Crippen LogP contribution is 2.33. The first-order valence-electron chi connectivity index (χ1n) is 8.02. The van der Waals surface area contributed by atoms with Crippen LogP contribution in [0.4, 0.5) is 4.79 Å². The van der Waals surface area contributed by atoms with Crippen molar-refractivity contribution < 1.29 is 14.3 Å². The SMILES string of the molecule is CC(C)(C)OC(=O)N1C2C=C(c3cncc(C#N)c3)CC1COC2. The summed E-state index contributed by atoms with van der Waals surface area (Å²) in [4.78, 5) is 18.4. The summed E-state index contributed by atoms with van der Waals surface area (Å²) in [6.07, 6.45) is 5.68. The number of amides is 1. The largest absolute Gasteiger partial charge is 0.444 e. The van der Waals surface area contributed by atoms with Gasteiger partial charge in [0.05, 0.1) is 30.9 Å². The molecule has 3 heterocycles. The van der Waals surface area contributed by atoms with Crippen molar-refractivity contribution in [2.75, 3.05) is 13.2 Å². The van der Waals surface area contributed by atoms with E-state index in [-0.39, 0.29) is 18.2 Å². The van der Waals surface area contributed by atoms with Gasteiger partial charge in [-0.25, -0.2) is 4.79 Å². The Hall–Kier alpha value is -2.39. The van der Waals surface area contributed by atoms with E-state index in [4.69, 9.17) is 14.7 Å². The van der Waals surface area contributed by atoms with Gasteiger partial charge in [0.25, 0.3) is 0 Å². The van der Waals surface area contributed by atoms with E-state index in [1.54, 1.807) is 17.3 Å². The van der Waals surface area contributed by atoms with E-state index < -0.39 is 5.60 Å². The molecule has 3 rings (SSSR count). The number of morpholine rings is 1. The summed E-state index contributed by atoms with van der Waals surface area (Å²) in [5, 5.41) is 9.05. The number of carbonyl (C=O) groups excluding carboxylic acids is 1. The van der Waals surface area contributed by atoms with Crippen LogP contribution in [0.25, 0.3) is 5.57 Å². The number of hydrogen-bond donors (Lipinski definition) is 0. The van der Waals surface area contributed by atoms with Crippen molar-refractivity contribution in [1.29, 1.82) is 5.26 Å². The fraction of sp³-hybridized carbons (Fsp3) is 0.500. The van der Waals surface area contributed by atoms with Crippen molar-refractivity contribution in [3.05, 3.63) is 35.7 Å². The van der Waals surface area contributed by atoms with Crippen LogP contribution in [0.1, 0.15) is 38.3 Å². The molecule has 2 unspecified atom stereocenters. The van der Waals surface area contributed by atoms with Gasteiger partial charge in [-0.3, -0.25) is 9.88 Å². The van der Waals surface area contributed by atoms with Crippen LogP contribution >= 0.6 is 0 Å². The molecule has 0 aromatic carbocycles. The summed E-state index contributed by atoms with van der Waals surface area (Å²) >= 11 is 0. The molecule has 0 radical (unpaired) electrons. The minimum Gasteiger partial charge on any atom is -0.444 e. The lowest BCUT2D eigenvalue weighted by atomic mass is 9.90. The zero-order valence-corrected chi connectivity index (χ0v) is 14.2. The van der Waals surface area contributed by atoms with Crippen LogP contribution in [-0.2, 0) is 9.47 Å². The predicted molar refractivity (Wildman–Crippen MR) is 88.0 cm³/mol. The molecule has 2 bridgehead atoms. The van der Waals surface area contributed by atoms with Crippen LogP contribution < -0.4 is 0 Å². The van der Waals surface area contributed by atoms with E-state index in [1.165, 1.54) is 0 Å². The zero-order valence-electron chi connectivity index (χ0n) is 14.2. The quantitative estimate of drug-likeness (QED) is 0.793. The van der Waals surface area contributed by atoms with E-state index in [1.807, 2.05) is 32.9 Å². The molecule has 1 fully saturated rings. The van der Waals surface area contributed by atoms with E-state index in [2.05, 4.69) is 11.1 Å². The summed E-state index contributed by atoms with van der Waals surface area (Å²) in [6.45, 7) is 6.52. The van der Waals surface area contributed by atoms with Gasteiger partial charge >= 0.3 is 6.09 Å². The number of nitriles is 1. The van der Waals surface area contributed by atoms with Crippen LogP contribution in [0, 0.1) is 11.3 Å². The molecule has 0 aliphatic carbocycles. The van der Waals surface area contributed by atoms with E-state index in [9.17, 15) is 4.79 Å². The monoisotopic (exact) mass is 327 g/mol. The van der Waals surface area contributed by atoms with Crippen molar-refractivity contribution in [2.24, 2.45) is 0 Å². The predicted octanol–water partition coefficient (Wildman–Crippen LogP) is 2.74. The smallest absolute Gasteiger partial charge is 0.411 e. The summed E-state index contributed by atoms with van der Waals surface area (Å²) < 4.78 is 11.2. The molecule has 1 saturated heterocycles. The Morgan fingerprint density at radius 3 is 2.88 bits per heavy atom. The minimum atomic E-state index is -0.527. The second kappa shape index (κ2) is 6.25. The number of nitrogens with zero attached hydrogens (tertiary/aromatic N) is 3. The van der Waals surface area contributed by atoms with Gasteiger partial charge in [-0.1, -0.05) is 6.08 Å².